The lowest BCUT2D eigenvalue weighted by atomic mass is 9.90. The molecule has 0 spiro atoms. The molecular weight excluding hydrogens is 278 g/mol. The minimum absolute atomic E-state index is 0.0738. The van der Waals surface area contributed by atoms with Crippen molar-refractivity contribution in [1.29, 1.82) is 0 Å². The summed E-state index contributed by atoms with van der Waals surface area (Å²) in [5.74, 6) is -1.01. The Bertz CT molecular complexity index is 696. The molecule has 0 aromatic heterocycles. The summed E-state index contributed by atoms with van der Waals surface area (Å²) in [6, 6.07) is 16.4. The number of carboxylic acids is 1. The van der Waals surface area contributed by atoms with Gasteiger partial charge in [0.1, 0.15) is 0 Å². The zero-order chi connectivity index (χ0) is 15.5. The van der Waals surface area contributed by atoms with E-state index in [0.29, 0.717) is 12.1 Å². The second-order valence-corrected chi connectivity index (χ2v) is 5.43. The minimum atomic E-state index is -0.896. The molecule has 0 radical (unpaired) electrons. The third-order valence-electron chi connectivity index (χ3n) is 4.06. The molecule has 0 bridgehead atoms. The van der Waals surface area contributed by atoms with Gasteiger partial charge in [-0.15, -0.1) is 0 Å². The van der Waals surface area contributed by atoms with Crippen LogP contribution in [0, 0.1) is 0 Å². The first-order chi connectivity index (χ1) is 10.7. The summed E-state index contributed by atoms with van der Waals surface area (Å²) in [5, 5.41) is 9.22. The molecule has 1 heterocycles. The highest BCUT2D eigenvalue weighted by atomic mass is 16.4. The maximum atomic E-state index is 12.7. The van der Waals surface area contributed by atoms with Gasteiger partial charge in [-0.3, -0.25) is 9.59 Å². The molecule has 1 aliphatic rings. The highest BCUT2D eigenvalue weighted by molar-refractivity contribution is 5.95. The lowest BCUT2D eigenvalue weighted by Gasteiger charge is -2.36. The Morgan fingerprint density at radius 3 is 2.45 bits per heavy atom. The van der Waals surface area contributed by atoms with Crippen molar-refractivity contribution in [2.45, 2.75) is 18.9 Å². The van der Waals surface area contributed by atoms with Gasteiger partial charge in [-0.25, -0.2) is 0 Å². The molecular formula is C18H17NO3. The van der Waals surface area contributed by atoms with Gasteiger partial charge in [0.05, 0.1) is 12.5 Å². The number of carbonyl (C=O) groups is 2. The van der Waals surface area contributed by atoms with Crippen molar-refractivity contribution in [3.05, 3.63) is 71.3 Å². The van der Waals surface area contributed by atoms with E-state index < -0.39 is 12.0 Å². The molecule has 0 saturated heterocycles. The smallest absolute Gasteiger partial charge is 0.305 e. The van der Waals surface area contributed by atoms with E-state index in [4.69, 9.17) is 0 Å². The van der Waals surface area contributed by atoms with Crippen molar-refractivity contribution in [1.82, 2.24) is 4.90 Å². The van der Waals surface area contributed by atoms with Crippen LogP contribution >= 0.6 is 0 Å². The van der Waals surface area contributed by atoms with Crippen LogP contribution in [0.1, 0.15) is 33.9 Å². The molecule has 1 amide bonds. The van der Waals surface area contributed by atoms with Gasteiger partial charge in [-0.1, -0.05) is 42.5 Å². The van der Waals surface area contributed by atoms with Crippen LogP contribution in [0.3, 0.4) is 0 Å². The summed E-state index contributed by atoms with van der Waals surface area (Å²) in [6.45, 7) is 0.544. The van der Waals surface area contributed by atoms with Crippen LogP contribution in [-0.4, -0.2) is 28.4 Å². The lowest BCUT2D eigenvalue weighted by Crippen LogP contribution is -2.41. The topological polar surface area (TPSA) is 57.6 Å². The Balaban J connectivity index is 1.97. The molecule has 0 saturated carbocycles. The van der Waals surface area contributed by atoms with Gasteiger partial charge in [0, 0.05) is 12.1 Å². The van der Waals surface area contributed by atoms with Crippen molar-refractivity contribution in [3.63, 3.8) is 0 Å². The number of hydrogen-bond acceptors (Lipinski definition) is 2. The number of fused-ring (bicyclic) bond motifs is 1. The first-order valence-electron chi connectivity index (χ1n) is 7.32. The van der Waals surface area contributed by atoms with Gasteiger partial charge >= 0.3 is 5.97 Å². The average Bonchev–Trinajstić information content (AvgIpc) is 2.55. The van der Waals surface area contributed by atoms with Crippen molar-refractivity contribution >= 4 is 11.9 Å². The van der Waals surface area contributed by atoms with E-state index in [-0.39, 0.29) is 12.3 Å². The molecule has 1 aliphatic heterocycles. The molecule has 1 unspecified atom stereocenters. The fourth-order valence-corrected chi connectivity index (χ4v) is 3.03. The fourth-order valence-electron chi connectivity index (χ4n) is 3.03. The van der Waals surface area contributed by atoms with Gasteiger partial charge in [-0.2, -0.15) is 0 Å². The van der Waals surface area contributed by atoms with E-state index in [1.807, 2.05) is 42.5 Å². The zero-order valence-corrected chi connectivity index (χ0v) is 12.1. The lowest BCUT2D eigenvalue weighted by molar-refractivity contribution is -0.138. The number of amides is 1. The predicted octanol–water partition coefficient (Wildman–Crippen LogP) is 2.90. The Kier molecular flexibility index (Phi) is 3.92. The van der Waals surface area contributed by atoms with Crippen LogP contribution in [0.4, 0.5) is 0 Å². The Labute approximate surface area is 129 Å². The second kappa shape index (κ2) is 6.02. The third kappa shape index (κ3) is 2.72. The summed E-state index contributed by atoms with van der Waals surface area (Å²) in [6.07, 6.45) is 0.681. The molecule has 2 aromatic rings. The minimum Gasteiger partial charge on any atom is -0.481 e. The van der Waals surface area contributed by atoms with Gasteiger partial charge < -0.3 is 10.0 Å². The largest absolute Gasteiger partial charge is 0.481 e. The predicted molar refractivity (Wildman–Crippen MR) is 82.6 cm³/mol. The summed E-state index contributed by atoms with van der Waals surface area (Å²) >= 11 is 0. The summed E-state index contributed by atoms with van der Waals surface area (Å²) in [5.41, 5.74) is 2.67. The second-order valence-electron chi connectivity index (χ2n) is 5.43. The van der Waals surface area contributed by atoms with Crippen LogP contribution in [0.15, 0.2) is 54.6 Å². The van der Waals surface area contributed by atoms with Crippen molar-refractivity contribution in [2.75, 3.05) is 6.54 Å². The quantitative estimate of drug-likeness (QED) is 0.947. The molecule has 2 aromatic carbocycles. The number of aliphatic carboxylic acids is 1. The summed E-state index contributed by atoms with van der Waals surface area (Å²) in [4.78, 5) is 25.7. The summed E-state index contributed by atoms with van der Waals surface area (Å²) in [7, 11) is 0. The number of benzene rings is 2. The SMILES string of the molecule is O=C(O)CC1c2ccccc2CCN1C(=O)c1ccccc1. The number of carbonyl (C=O) groups excluding carboxylic acids is 1. The van der Waals surface area contributed by atoms with Gasteiger partial charge in [0.25, 0.3) is 5.91 Å². The molecule has 22 heavy (non-hydrogen) atoms. The first kappa shape index (κ1) is 14.3. The van der Waals surface area contributed by atoms with E-state index in [1.54, 1.807) is 17.0 Å². The third-order valence-corrected chi connectivity index (χ3v) is 4.06. The molecule has 4 heteroatoms. The van der Waals surface area contributed by atoms with Crippen LogP contribution in [0.2, 0.25) is 0 Å². The van der Waals surface area contributed by atoms with Crippen LogP contribution in [-0.2, 0) is 11.2 Å². The van der Waals surface area contributed by atoms with Crippen molar-refractivity contribution in [2.24, 2.45) is 0 Å². The molecule has 0 aliphatic carbocycles. The van der Waals surface area contributed by atoms with Crippen LogP contribution < -0.4 is 0 Å². The van der Waals surface area contributed by atoms with Crippen molar-refractivity contribution in [3.8, 4) is 0 Å². The maximum absolute atomic E-state index is 12.7. The standard InChI is InChI=1S/C18H17NO3/c20-17(21)12-16-15-9-5-4-6-13(15)10-11-19(16)18(22)14-7-2-1-3-8-14/h1-9,16H,10-12H2,(H,20,21). The Morgan fingerprint density at radius 2 is 1.73 bits per heavy atom. The van der Waals surface area contributed by atoms with Crippen LogP contribution in [0.5, 0.6) is 0 Å². The van der Waals surface area contributed by atoms with Gasteiger partial charge in [-0.05, 0) is 29.7 Å². The normalized spacial score (nSPS) is 16.9. The highest BCUT2D eigenvalue weighted by Crippen LogP contribution is 2.33. The number of hydrogen-bond donors (Lipinski definition) is 1. The van der Waals surface area contributed by atoms with Crippen LogP contribution in [0.25, 0.3) is 0 Å². The monoisotopic (exact) mass is 295 g/mol. The number of carboxylic acid groups (broad SMARTS) is 1. The first-order valence-corrected chi connectivity index (χ1v) is 7.32. The zero-order valence-electron chi connectivity index (χ0n) is 12.1. The Morgan fingerprint density at radius 1 is 1.05 bits per heavy atom. The molecule has 112 valence electrons. The van der Waals surface area contributed by atoms with Crippen molar-refractivity contribution < 1.29 is 14.7 Å². The van der Waals surface area contributed by atoms with E-state index in [1.165, 1.54) is 0 Å². The van der Waals surface area contributed by atoms with E-state index in [2.05, 4.69) is 0 Å². The van der Waals surface area contributed by atoms with Gasteiger partial charge in [0.15, 0.2) is 0 Å². The highest BCUT2D eigenvalue weighted by Gasteiger charge is 2.32. The molecule has 0 fully saturated rings. The maximum Gasteiger partial charge on any atom is 0.305 e. The number of nitrogens with zero attached hydrogens (tertiary/aromatic N) is 1. The molecule has 3 rings (SSSR count). The summed E-state index contributed by atoms with van der Waals surface area (Å²) < 4.78 is 0. The van der Waals surface area contributed by atoms with E-state index in [0.717, 1.165) is 17.5 Å². The molecule has 4 nitrogen and oxygen atoms in total. The molecule has 1 atom stereocenters. The van der Waals surface area contributed by atoms with E-state index >= 15 is 0 Å². The van der Waals surface area contributed by atoms with Gasteiger partial charge in [0.2, 0.25) is 0 Å². The molecule has 1 N–H and O–H groups in total. The van der Waals surface area contributed by atoms with E-state index in [9.17, 15) is 14.7 Å². The number of rotatable bonds is 3. The fraction of sp³-hybridized carbons (Fsp3) is 0.222. The Hall–Kier alpha value is -2.62. The average molecular weight is 295 g/mol.